The van der Waals surface area contributed by atoms with Gasteiger partial charge in [0.2, 0.25) is 5.89 Å². The SMILES string of the molecule is CCOC(=O)C[C@@H]1CCCCN1Cc1nc(-c2ccc(C(=O)OC)cc2)oc1C. The number of hydrogen-bond acceptors (Lipinski definition) is 7. The number of ether oxygens (including phenoxy) is 2. The van der Waals surface area contributed by atoms with Crippen LogP contribution in [0.2, 0.25) is 0 Å². The van der Waals surface area contributed by atoms with Crippen molar-refractivity contribution in [1.29, 1.82) is 0 Å². The highest BCUT2D eigenvalue weighted by Crippen LogP contribution is 2.26. The van der Waals surface area contributed by atoms with Gasteiger partial charge >= 0.3 is 11.9 Å². The van der Waals surface area contributed by atoms with Gasteiger partial charge in [-0.25, -0.2) is 9.78 Å². The first-order valence-electron chi connectivity index (χ1n) is 10.1. The second-order valence-electron chi connectivity index (χ2n) is 7.22. The van der Waals surface area contributed by atoms with E-state index in [1.165, 1.54) is 7.11 Å². The van der Waals surface area contributed by atoms with Crippen molar-refractivity contribution in [1.82, 2.24) is 9.88 Å². The predicted octanol–water partition coefficient (Wildman–Crippen LogP) is 3.74. The average Bonchev–Trinajstić information content (AvgIpc) is 3.09. The van der Waals surface area contributed by atoms with Crippen LogP contribution in [-0.4, -0.2) is 48.1 Å². The minimum absolute atomic E-state index is 0.146. The summed E-state index contributed by atoms with van der Waals surface area (Å²) >= 11 is 0. The maximum Gasteiger partial charge on any atom is 0.337 e. The second-order valence-corrected chi connectivity index (χ2v) is 7.22. The number of aromatic nitrogens is 1. The molecule has 1 fully saturated rings. The fourth-order valence-electron chi connectivity index (χ4n) is 3.67. The first-order valence-corrected chi connectivity index (χ1v) is 10.1. The molecule has 0 spiro atoms. The van der Waals surface area contributed by atoms with Crippen LogP contribution in [0.25, 0.3) is 11.5 Å². The largest absolute Gasteiger partial charge is 0.466 e. The van der Waals surface area contributed by atoms with Crippen molar-refractivity contribution in [3.63, 3.8) is 0 Å². The molecule has 29 heavy (non-hydrogen) atoms. The van der Waals surface area contributed by atoms with Crippen LogP contribution in [0.15, 0.2) is 28.7 Å². The van der Waals surface area contributed by atoms with Crippen molar-refractivity contribution in [2.75, 3.05) is 20.3 Å². The van der Waals surface area contributed by atoms with E-state index in [4.69, 9.17) is 13.9 Å². The highest BCUT2D eigenvalue weighted by atomic mass is 16.5. The maximum absolute atomic E-state index is 11.9. The van der Waals surface area contributed by atoms with Crippen LogP contribution in [-0.2, 0) is 20.8 Å². The lowest BCUT2D eigenvalue weighted by atomic mass is 9.99. The lowest BCUT2D eigenvalue weighted by molar-refractivity contribution is -0.145. The van der Waals surface area contributed by atoms with E-state index in [2.05, 4.69) is 9.88 Å². The topological polar surface area (TPSA) is 81.9 Å². The molecule has 1 aromatic heterocycles. The molecule has 2 aromatic rings. The molecule has 0 unspecified atom stereocenters. The molecule has 0 N–H and O–H groups in total. The van der Waals surface area contributed by atoms with E-state index in [0.717, 1.165) is 42.8 Å². The lowest BCUT2D eigenvalue weighted by Crippen LogP contribution is -2.40. The number of esters is 2. The standard InChI is InChI=1S/C22H28N2O5/c1-4-28-20(25)13-18-7-5-6-12-24(18)14-19-15(2)29-21(23-19)16-8-10-17(11-9-16)22(26)27-3/h8-11,18H,4-7,12-14H2,1-3H3/t18-/m0/s1. The molecule has 1 saturated heterocycles. The Hall–Kier alpha value is -2.67. The Labute approximate surface area is 171 Å². The zero-order valence-corrected chi connectivity index (χ0v) is 17.3. The van der Waals surface area contributed by atoms with Gasteiger partial charge in [0.25, 0.3) is 0 Å². The van der Waals surface area contributed by atoms with Crippen LogP contribution in [0.3, 0.4) is 0 Å². The first-order chi connectivity index (χ1) is 14.0. The molecule has 1 aliphatic heterocycles. The van der Waals surface area contributed by atoms with E-state index < -0.39 is 0 Å². The third kappa shape index (κ3) is 5.23. The highest BCUT2D eigenvalue weighted by molar-refractivity contribution is 5.89. The summed E-state index contributed by atoms with van der Waals surface area (Å²) in [5, 5.41) is 0. The Kier molecular flexibility index (Phi) is 7.04. The molecule has 1 atom stereocenters. The van der Waals surface area contributed by atoms with Gasteiger partial charge in [-0.1, -0.05) is 6.42 Å². The molecule has 1 aromatic carbocycles. The van der Waals surface area contributed by atoms with Crippen molar-refractivity contribution >= 4 is 11.9 Å². The molecule has 3 rings (SSSR count). The molecule has 0 aliphatic carbocycles. The number of methoxy groups -OCH3 is 1. The fourth-order valence-corrected chi connectivity index (χ4v) is 3.67. The highest BCUT2D eigenvalue weighted by Gasteiger charge is 2.27. The van der Waals surface area contributed by atoms with E-state index >= 15 is 0 Å². The summed E-state index contributed by atoms with van der Waals surface area (Å²) in [5.41, 5.74) is 2.15. The van der Waals surface area contributed by atoms with Gasteiger partial charge < -0.3 is 13.9 Å². The average molecular weight is 400 g/mol. The Morgan fingerprint density at radius 1 is 1.24 bits per heavy atom. The predicted molar refractivity (Wildman–Crippen MR) is 107 cm³/mol. The minimum atomic E-state index is -0.376. The number of hydrogen-bond donors (Lipinski definition) is 0. The van der Waals surface area contributed by atoms with Gasteiger partial charge in [0.1, 0.15) is 5.76 Å². The molecule has 7 heteroatoms. The molecule has 2 heterocycles. The summed E-state index contributed by atoms with van der Waals surface area (Å²) in [6.45, 7) is 5.71. The van der Waals surface area contributed by atoms with Gasteiger partial charge in [0.15, 0.2) is 0 Å². The number of aryl methyl sites for hydroxylation is 1. The van der Waals surface area contributed by atoms with Crippen LogP contribution in [0, 0.1) is 6.92 Å². The van der Waals surface area contributed by atoms with Crippen molar-refractivity contribution in [3.05, 3.63) is 41.3 Å². The summed E-state index contributed by atoms with van der Waals surface area (Å²) in [7, 11) is 1.36. The minimum Gasteiger partial charge on any atom is -0.466 e. The summed E-state index contributed by atoms with van der Waals surface area (Å²) < 4.78 is 15.7. The van der Waals surface area contributed by atoms with E-state index in [0.29, 0.717) is 31.0 Å². The molecule has 7 nitrogen and oxygen atoms in total. The zero-order valence-electron chi connectivity index (χ0n) is 17.3. The molecule has 1 aliphatic rings. The smallest absolute Gasteiger partial charge is 0.337 e. The van der Waals surface area contributed by atoms with Crippen molar-refractivity contribution in [2.24, 2.45) is 0 Å². The van der Waals surface area contributed by atoms with Gasteiger partial charge in [-0.05, 0) is 57.5 Å². The summed E-state index contributed by atoms with van der Waals surface area (Å²) in [6, 6.07) is 7.15. The van der Waals surface area contributed by atoms with Gasteiger partial charge in [-0.15, -0.1) is 0 Å². The third-order valence-corrected chi connectivity index (χ3v) is 5.26. The van der Waals surface area contributed by atoms with Gasteiger partial charge in [-0.3, -0.25) is 9.69 Å². The number of carbonyl (C=O) groups excluding carboxylic acids is 2. The number of rotatable bonds is 7. The first kappa shape index (κ1) is 21.0. The molecule has 0 saturated carbocycles. The Morgan fingerprint density at radius 2 is 2.00 bits per heavy atom. The molecular weight excluding hydrogens is 372 g/mol. The maximum atomic E-state index is 11.9. The fraction of sp³-hybridized carbons (Fsp3) is 0.500. The molecule has 156 valence electrons. The van der Waals surface area contributed by atoms with E-state index in [1.807, 2.05) is 13.8 Å². The summed E-state index contributed by atoms with van der Waals surface area (Å²) in [4.78, 5) is 30.5. The third-order valence-electron chi connectivity index (χ3n) is 5.26. The van der Waals surface area contributed by atoms with Gasteiger partial charge in [0.05, 0.1) is 31.4 Å². The van der Waals surface area contributed by atoms with Crippen molar-refractivity contribution in [2.45, 2.75) is 52.1 Å². The Balaban J connectivity index is 1.72. The molecule has 0 amide bonds. The van der Waals surface area contributed by atoms with E-state index in [1.54, 1.807) is 24.3 Å². The molecule has 0 bridgehead atoms. The Bertz CT molecular complexity index is 843. The van der Waals surface area contributed by atoms with Crippen LogP contribution in [0.5, 0.6) is 0 Å². The zero-order chi connectivity index (χ0) is 20.8. The number of benzene rings is 1. The van der Waals surface area contributed by atoms with Crippen molar-refractivity contribution < 1.29 is 23.5 Å². The second kappa shape index (κ2) is 9.69. The number of oxazole rings is 1. The number of piperidine rings is 1. The summed E-state index contributed by atoms with van der Waals surface area (Å²) in [6.07, 6.45) is 3.62. The van der Waals surface area contributed by atoms with E-state index in [-0.39, 0.29) is 18.0 Å². The van der Waals surface area contributed by atoms with Crippen molar-refractivity contribution in [3.8, 4) is 11.5 Å². The quantitative estimate of drug-likeness (QED) is 0.655. The van der Waals surface area contributed by atoms with E-state index in [9.17, 15) is 9.59 Å². The lowest BCUT2D eigenvalue weighted by Gasteiger charge is -2.34. The molecule has 0 radical (unpaired) electrons. The Morgan fingerprint density at radius 3 is 2.69 bits per heavy atom. The number of nitrogens with zero attached hydrogens (tertiary/aromatic N) is 2. The normalized spacial score (nSPS) is 17.1. The van der Waals surface area contributed by atoms with Crippen LogP contribution in [0.4, 0.5) is 0 Å². The van der Waals surface area contributed by atoms with Crippen LogP contribution in [0.1, 0.15) is 54.4 Å². The van der Waals surface area contributed by atoms with Gasteiger partial charge in [0, 0.05) is 18.2 Å². The van der Waals surface area contributed by atoms with Gasteiger partial charge in [-0.2, -0.15) is 0 Å². The number of carbonyl (C=O) groups is 2. The molecular formula is C22H28N2O5. The monoisotopic (exact) mass is 400 g/mol. The summed E-state index contributed by atoms with van der Waals surface area (Å²) in [5.74, 6) is 0.761. The number of likely N-dealkylation sites (tertiary alicyclic amines) is 1. The van der Waals surface area contributed by atoms with Crippen LogP contribution >= 0.6 is 0 Å². The van der Waals surface area contributed by atoms with Crippen LogP contribution < -0.4 is 0 Å².